The number of thiocarbonyl (C=S) groups is 2. The molecule has 36 heavy (non-hydrogen) atoms. The fourth-order valence-electron chi connectivity index (χ4n) is 2.19. The van der Waals surface area contributed by atoms with Gasteiger partial charge in [0.1, 0.15) is 11.5 Å². The minimum atomic E-state index is -3.95. The van der Waals surface area contributed by atoms with Crippen LogP contribution in [0.25, 0.3) is 22.6 Å². The number of nitrogens with two attached hydrogens (primary N) is 3. The topological polar surface area (TPSA) is 210 Å². The van der Waals surface area contributed by atoms with Crippen LogP contribution in [0, 0.1) is 18.2 Å². The molecule has 15 heteroatoms. The number of rotatable bonds is 3. The second-order valence-electron chi connectivity index (χ2n) is 5.67. The zero-order valence-corrected chi connectivity index (χ0v) is 21.2. The van der Waals surface area contributed by atoms with Crippen LogP contribution in [0.3, 0.4) is 0 Å². The lowest BCUT2D eigenvalue weighted by atomic mass is 10.1. The SMILES string of the molecule is C.C#CC.NC(O)=S.NC(O)=S.NS(=O)(=O)c1ccccc1-c1ocnc1-c1ccc(F)c(Cl)c1.O. The summed E-state index contributed by atoms with van der Waals surface area (Å²) in [6.45, 7) is 1.65. The molecular weight excluding hydrogens is 555 g/mol. The maximum absolute atomic E-state index is 13.3. The molecule has 0 saturated carbocycles. The number of aliphatic hydroxyl groups excluding tert-OH is 2. The molecule has 10 nitrogen and oxygen atoms in total. The van der Waals surface area contributed by atoms with Crippen molar-refractivity contribution in [2.24, 2.45) is 16.6 Å². The summed E-state index contributed by atoms with van der Waals surface area (Å²) in [5.41, 5.74) is 9.89. The third kappa shape index (κ3) is 13.5. The molecule has 0 aliphatic rings. The summed E-state index contributed by atoms with van der Waals surface area (Å²) >= 11 is 13.5. The summed E-state index contributed by atoms with van der Waals surface area (Å²) in [4.78, 5) is 3.98. The van der Waals surface area contributed by atoms with Crippen LogP contribution >= 0.6 is 36.0 Å². The van der Waals surface area contributed by atoms with E-state index >= 15 is 0 Å². The quantitative estimate of drug-likeness (QED) is 0.225. The van der Waals surface area contributed by atoms with Gasteiger partial charge >= 0.3 is 0 Å². The van der Waals surface area contributed by atoms with Crippen molar-refractivity contribution in [1.82, 2.24) is 4.98 Å². The van der Waals surface area contributed by atoms with Crippen LogP contribution < -0.4 is 16.6 Å². The molecule has 0 aliphatic heterocycles. The number of benzene rings is 2. The van der Waals surface area contributed by atoms with Crippen molar-refractivity contribution in [2.75, 3.05) is 0 Å². The normalized spacial score (nSPS) is 8.97. The summed E-state index contributed by atoms with van der Waals surface area (Å²) in [5.74, 6) is 1.89. The van der Waals surface area contributed by atoms with Crippen molar-refractivity contribution in [3.8, 4) is 34.9 Å². The van der Waals surface area contributed by atoms with Gasteiger partial charge in [-0.3, -0.25) is 0 Å². The molecule has 198 valence electrons. The van der Waals surface area contributed by atoms with Gasteiger partial charge in [-0.1, -0.05) is 31.2 Å². The highest BCUT2D eigenvalue weighted by atomic mass is 35.5. The number of nitrogens with zero attached hydrogens (tertiary/aromatic N) is 1. The van der Waals surface area contributed by atoms with Gasteiger partial charge < -0.3 is 31.6 Å². The van der Waals surface area contributed by atoms with E-state index in [2.05, 4.69) is 53.2 Å². The summed E-state index contributed by atoms with van der Waals surface area (Å²) < 4.78 is 42.1. The molecular formula is C21H26ClFN4O6S3. The first-order chi connectivity index (χ1) is 15.8. The molecule has 10 N–H and O–H groups in total. The van der Waals surface area contributed by atoms with E-state index in [4.69, 9.17) is 31.4 Å². The first-order valence-corrected chi connectivity index (χ1v) is 11.4. The maximum Gasteiger partial charge on any atom is 0.251 e. The number of terminal acetylenes is 1. The Balaban J connectivity index is -0.000000716. The Labute approximate surface area is 224 Å². The van der Waals surface area contributed by atoms with E-state index < -0.39 is 26.2 Å². The van der Waals surface area contributed by atoms with Gasteiger partial charge in [-0.15, -0.1) is 12.3 Å². The van der Waals surface area contributed by atoms with Crippen LogP contribution in [0.1, 0.15) is 14.4 Å². The first-order valence-electron chi connectivity index (χ1n) is 8.61. The van der Waals surface area contributed by atoms with E-state index in [1.54, 1.807) is 25.1 Å². The molecule has 0 fully saturated rings. The number of hydrogen-bond acceptors (Lipinski definition) is 6. The average molecular weight is 581 g/mol. The lowest BCUT2D eigenvalue weighted by Gasteiger charge is -2.07. The highest BCUT2D eigenvalue weighted by Crippen LogP contribution is 2.35. The van der Waals surface area contributed by atoms with E-state index in [9.17, 15) is 12.8 Å². The molecule has 0 atom stereocenters. The Morgan fingerprint density at radius 2 is 1.64 bits per heavy atom. The van der Waals surface area contributed by atoms with Crippen LogP contribution in [-0.4, -0.2) is 39.4 Å². The standard InChI is InChI=1S/C15H10ClFN2O3S.C3H4.2CH3NOS.CH4.H2O/c16-11-7-9(5-6-12(11)17)14-15(22-8-19-14)10-3-1-2-4-13(10)23(18,20)21;1-3-2;2*2-1(3)4;;/h1-8H,(H2,18,20,21);1H,2H3;2*(H3,2,3,4);1H4;1H2. The third-order valence-electron chi connectivity index (χ3n) is 3.20. The molecule has 0 saturated heterocycles. The van der Waals surface area contributed by atoms with Crippen molar-refractivity contribution < 1.29 is 32.9 Å². The van der Waals surface area contributed by atoms with Crippen LogP contribution in [0.4, 0.5) is 4.39 Å². The van der Waals surface area contributed by atoms with Crippen molar-refractivity contribution in [2.45, 2.75) is 19.2 Å². The number of aliphatic hydroxyl groups is 2. The highest BCUT2D eigenvalue weighted by molar-refractivity contribution is 7.89. The molecule has 0 bridgehead atoms. The molecule has 0 aliphatic carbocycles. The molecule has 0 unspecified atom stereocenters. The van der Waals surface area contributed by atoms with Gasteiger partial charge in [0.15, 0.2) is 12.2 Å². The van der Waals surface area contributed by atoms with Crippen LogP contribution in [0.5, 0.6) is 0 Å². The molecule has 1 aromatic heterocycles. The predicted molar refractivity (Wildman–Crippen MR) is 147 cm³/mol. The number of hydrogen-bond donors (Lipinski definition) is 5. The van der Waals surface area contributed by atoms with E-state index in [0.717, 1.165) is 0 Å². The summed E-state index contributed by atoms with van der Waals surface area (Å²) in [5, 5.41) is 19.3. The molecule has 0 spiro atoms. The largest absolute Gasteiger partial charge is 0.487 e. The molecule has 0 radical (unpaired) electrons. The fourth-order valence-corrected chi connectivity index (χ4v) is 3.10. The number of oxazole rings is 1. The average Bonchev–Trinajstić information content (AvgIpc) is 3.19. The van der Waals surface area contributed by atoms with Gasteiger partial charge in [-0.25, -0.2) is 22.9 Å². The van der Waals surface area contributed by atoms with Crippen molar-refractivity contribution in [3.05, 3.63) is 59.7 Å². The maximum atomic E-state index is 13.3. The fraction of sp³-hybridized carbons (Fsp3) is 0.0952. The van der Waals surface area contributed by atoms with E-state index in [1.165, 1.54) is 30.7 Å². The Bertz CT molecular complexity index is 1260. The monoisotopic (exact) mass is 580 g/mol. The second kappa shape index (κ2) is 18.0. The lowest BCUT2D eigenvalue weighted by molar-refractivity contribution is 0.559. The molecule has 3 aromatic rings. The van der Waals surface area contributed by atoms with Crippen LogP contribution in [0.2, 0.25) is 5.02 Å². The zero-order valence-electron chi connectivity index (χ0n) is 18.0. The zero-order chi connectivity index (χ0) is 26.5. The van der Waals surface area contributed by atoms with Crippen molar-refractivity contribution >= 4 is 56.4 Å². The molecule has 2 aromatic carbocycles. The Morgan fingerprint density at radius 1 is 1.17 bits per heavy atom. The third-order valence-corrected chi connectivity index (χ3v) is 4.46. The minimum absolute atomic E-state index is 0. The van der Waals surface area contributed by atoms with Gasteiger partial charge in [0.25, 0.3) is 10.3 Å². The Hall–Kier alpha value is -3.32. The summed E-state index contributed by atoms with van der Waals surface area (Å²) in [6.07, 6.45) is 5.77. The Kier molecular flexibility index (Phi) is 18.6. The lowest BCUT2D eigenvalue weighted by Crippen LogP contribution is -2.13. The van der Waals surface area contributed by atoms with Gasteiger partial charge in [0.2, 0.25) is 10.0 Å². The van der Waals surface area contributed by atoms with Crippen LogP contribution in [0.15, 0.2) is 58.2 Å². The van der Waals surface area contributed by atoms with E-state index in [-0.39, 0.29) is 34.1 Å². The van der Waals surface area contributed by atoms with Gasteiger partial charge in [-0.05, 0) is 61.7 Å². The van der Waals surface area contributed by atoms with Crippen molar-refractivity contribution in [1.29, 1.82) is 0 Å². The number of sulfonamides is 1. The van der Waals surface area contributed by atoms with Gasteiger partial charge in [0, 0.05) is 11.1 Å². The van der Waals surface area contributed by atoms with E-state index in [0.29, 0.717) is 11.3 Å². The minimum Gasteiger partial charge on any atom is -0.487 e. The second-order valence-corrected chi connectivity index (χ2v) is 8.44. The van der Waals surface area contributed by atoms with Crippen molar-refractivity contribution in [3.63, 3.8) is 0 Å². The first kappa shape index (κ1) is 37.2. The van der Waals surface area contributed by atoms with Crippen LogP contribution in [-0.2, 0) is 10.0 Å². The summed E-state index contributed by atoms with van der Waals surface area (Å²) in [6, 6.07) is 10.2. The number of primary sulfonamides is 1. The predicted octanol–water partition coefficient (Wildman–Crippen LogP) is 3.48. The van der Waals surface area contributed by atoms with E-state index in [1.807, 2.05) is 0 Å². The highest BCUT2D eigenvalue weighted by Gasteiger charge is 2.21. The molecule has 0 amide bonds. The number of halogens is 2. The molecule has 1 heterocycles. The number of aromatic nitrogens is 1. The molecule has 3 rings (SSSR count). The van der Waals surface area contributed by atoms with Gasteiger partial charge in [0.05, 0.1) is 9.92 Å². The Morgan fingerprint density at radius 3 is 2.08 bits per heavy atom. The smallest absolute Gasteiger partial charge is 0.251 e. The summed E-state index contributed by atoms with van der Waals surface area (Å²) in [7, 11) is -3.95. The van der Waals surface area contributed by atoms with Gasteiger partial charge in [-0.2, -0.15) is 0 Å².